The van der Waals surface area contributed by atoms with E-state index in [0.29, 0.717) is 6.42 Å². The van der Waals surface area contributed by atoms with E-state index in [1.807, 2.05) is 0 Å². The molecule has 0 spiro atoms. The van der Waals surface area contributed by atoms with E-state index in [-0.39, 0.29) is 0 Å². The average Bonchev–Trinajstić information content (AvgIpc) is 1.59. The molecule has 5 heteroatoms. The van der Waals surface area contributed by atoms with Gasteiger partial charge in [-0.05, 0) is 11.1 Å². The van der Waals surface area contributed by atoms with E-state index < -0.39 is 10.4 Å². The van der Waals surface area contributed by atoms with Crippen LogP contribution in [0.1, 0.15) is 13.3 Å². The standard InChI is InChI=1S/C3H6O4S/c1-2-3-7-8(4,5)6/h3H,2H2,1H3/p+1. The van der Waals surface area contributed by atoms with Crippen molar-refractivity contribution in [2.24, 2.45) is 0 Å². The Morgan fingerprint density at radius 1 is 1.75 bits per heavy atom. The highest BCUT2D eigenvalue weighted by atomic mass is 32.3. The van der Waals surface area contributed by atoms with Crippen molar-refractivity contribution >= 4 is 10.4 Å². The molecule has 0 aliphatic rings. The van der Waals surface area contributed by atoms with Crippen LogP contribution in [-0.2, 0) is 14.6 Å². The first-order chi connectivity index (χ1) is 3.56. The van der Waals surface area contributed by atoms with Gasteiger partial charge in [0.2, 0.25) is 0 Å². The van der Waals surface area contributed by atoms with Gasteiger partial charge in [-0.25, -0.2) is 0 Å². The van der Waals surface area contributed by atoms with Crippen molar-refractivity contribution in [2.45, 2.75) is 13.3 Å². The summed E-state index contributed by atoms with van der Waals surface area (Å²) < 4.78 is 31.0. The zero-order valence-electron chi connectivity index (χ0n) is 4.36. The topological polar surface area (TPSA) is 63.6 Å². The van der Waals surface area contributed by atoms with Gasteiger partial charge in [0.15, 0.2) is 0 Å². The van der Waals surface area contributed by atoms with Crippen molar-refractivity contribution < 1.29 is 17.2 Å². The van der Waals surface area contributed by atoms with Crippen molar-refractivity contribution in [3.63, 3.8) is 0 Å². The minimum Gasteiger partial charge on any atom is -0.261 e. The quantitative estimate of drug-likeness (QED) is 0.453. The second kappa shape index (κ2) is 2.91. The summed E-state index contributed by atoms with van der Waals surface area (Å²) in [5, 5.41) is 0. The van der Waals surface area contributed by atoms with Crippen LogP contribution in [0.5, 0.6) is 0 Å². The average molecular weight is 139 g/mol. The molecule has 0 unspecified atom stereocenters. The lowest BCUT2D eigenvalue weighted by molar-refractivity contribution is 0.318. The predicted molar refractivity (Wildman–Crippen MR) is 27.2 cm³/mol. The molecule has 0 fully saturated rings. The Morgan fingerprint density at radius 2 is 2.25 bits per heavy atom. The smallest absolute Gasteiger partial charge is 0.261 e. The van der Waals surface area contributed by atoms with Gasteiger partial charge in [0, 0.05) is 0 Å². The molecule has 0 bridgehead atoms. The molecule has 1 N–H and O–H groups in total. The molecule has 0 radical (unpaired) electrons. The van der Waals surface area contributed by atoms with Crippen LogP contribution in [0.3, 0.4) is 0 Å². The first-order valence-corrected chi connectivity index (χ1v) is 3.40. The second-order valence-corrected chi connectivity index (χ2v) is 2.15. The Hall–Kier alpha value is -0.260. The van der Waals surface area contributed by atoms with Gasteiger partial charge in [-0.2, -0.15) is 8.42 Å². The lowest BCUT2D eigenvalue weighted by Crippen LogP contribution is -1.99. The van der Waals surface area contributed by atoms with E-state index in [2.05, 4.69) is 4.18 Å². The molecule has 0 aromatic heterocycles. The summed E-state index contributed by atoms with van der Waals surface area (Å²) in [4.78, 5) is 0. The molecule has 0 rings (SSSR count). The van der Waals surface area contributed by atoms with Gasteiger partial charge in [-0.1, -0.05) is 0 Å². The minimum atomic E-state index is -4.24. The van der Waals surface area contributed by atoms with E-state index >= 15 is 0 Å². The van der Waals surface area contributed by atoms with Crippen LogP contribution in [0.15, 0.2) is 0 Å². The van der Waals surface area contributed by atoms with Crippen LogP contribution in [-0.4, -0.2) is 13.0 Å². The highest BCUT2D eigenvalue weighted by molar-refractivity contribution is 7.80. The van der Waals surface area contributed by atoms with Crippen molar-refractivity contribution in [3.8, 4) is 0 Å². The molecule has 0 heterocycles. The van der Waals surface area contributed by atoms with Gasteiger partial charge < -0.3 is 0 Å². The third kappa shape index (κ3) is 5.74. The molecule has 8 heavy (non-hydrogen) atoms. The van der Waals surface area contributed by atoms with E-state index in [9.17, 15) is 8.42 Å². The fourth-order valence-electron chi connectivity index (χ4n) is 0.154. The summed E-state index contributed by atoms with van der Waals surface area (Å²) in [6, 6.07) is 0. The Labute approximate surface area is 48.4 Å². The van der Waals surface area contributed by atoms with Crippen molar-refractivity contribution in [1.29, 1.82) is 0 Å². The first-order valence-electron chi connectivity index (χ1n) is 2.03. The maximum atomic E-state index is 9.69. The number of hydrogen-bond acceptors (Lipinski definition) is 3. The summed E-state index contributed by atoms with van der Waals surface area (Å²) in [6.45, 7) is 2.68. The van der Waals surface area contributed by atoms with Crippen molar-refractivity contribution in [1.82, 2.24) is 0 Å². The summed E-state index contributed by atoms with van der Waals surface area (Å²) in [5.74, 6) is 0. The zero-order chi connectivity index (χ0) is 6.62. The summed E-state index contributed by atoms with van der Waals surface area (Å²) in [5.41, 5.74) is 0. The van der Waals surface area contributed by atoms with Crippen LogP contribution in [0.2, 0.25) is 0 Å². The molecule has 0 aliphatic heterocycles. The SMILES string of the molecule is CC[CH+]OS(=O)(=O)O. The summed E-state index contributed by atoms with van der Waals surface area (Å²) >= 11 is 0. The molecule has 0 atom stereocenters. The molecule has 4 nitrogen and oxygen atoms in total. The van der Waals surface area contributed by atoms with Crippen molar-refractivity contribution in [3.05, 3.63) is 6.61 Å². The van der Waals surface area contributed by atoms with E-state index in [0.717, 1.165) is 6.61 Å². The highest BCUT2D eigenvalue weighted by Crippen LogP contribution is 1.92. The molecule has 48 valence electrons. The fraction of sp³-hybridized carbons (Fsp3) is 0.667. The Kier molecular flexibility index (Phi) is 2.81. The van der Waals surface area contributed by atoms with Gasteiger partial charge in [-0.15, -0.1) is 0 Å². The molecular weight excluding hydrogens is 132 g/mol. The Balaban J connectivity index is 3.42. The van der Waals surface area contributed by atoms with Crippen LogP contribution in [0, 0.1) is 6.61 Å². The van der Waals surface area contributed by atoms with Gasteiger partial charge in [0.25, 0.3) is 6.61 Å². The van der Waals surface area contributed by atoms with Crippen LogP contribution < -0.4 is 0 Å². The molecule has 0 aromatic rings. The third-order valence-corrected chi connectivity index (χ3v) is 0.736. The largest absolute Gasteiger partial charge is 0.435 e. The van der Waals surface area contributed by atoms with E-state index in [1.54, 1.807) is 6.92 Å². The fourth-order valence-corrected chi connectivity index (χ4v) is 0.462. The lowest BCUT2D eigenvalue weighted by atomic mass is 10.5. The van der Waals surface area contributed by atoms with Crippen molar-refractivity contribution in [2.75, 3.05) is 0 Å². The van der Waals surface area contributed by atoms with Gasteiger partial charge in [0.1, 0.15) is 6.42 Å². The Bertz CT molecular complexity index is 135. The predicted octanol–water partition coefficient (Wildman–Crippen LogP) is 0.378. The van der Waals surface area contributed by atoms with Crippen LogP contribution in [0.4, 0.5) is 0 Å². The Morgan fingerprint density at radius 3 is 2.38 bits per heavy atom. The zero-order valence-corrected chi connectivity index (χ0v) is 5.18. The molecular formula is C3H7O4S+. The van der Waals surface area contributed by atoms with Crippen LogP contribution >= 0.6 is 0 Å². The summed E-state index contributed by atoms with van der Waals surface area (Å²) in [7, 11) is -4.24. The maximum Gasteiger partial charge on any atom is 0.435 e. The normalized spacial score (nSPS) is 11.2. The first kappa shape index (κ1) is 7.74. The van der Waals surface area contributed by atoms with Gasteiger partial charge >= 0.3 is 10.4 Å². The second-order valence-electron chi connectivity index (χ2n) is 1.10. The molecule has 0 aromatic carbocycles. The van der Waals surface area contributed by atoms with Gasteiger partial charge in [0.05, 0.1) is 0 Å². The van der Waals surface area contributed by atoms with Gasteiger partial charge in [-0.3, -0.25) is 4.55 Å². The molecule has 0 saturated carbocycles. The lowest BCUT2D eigenvalue weighted by Gasteiger charge is -1.81. The van der Waals surface area contributed by atoms with E-state index in [4.69, 9.17) is 4.55 Å². The monoisotopic (exact) mass is 139 g/mol. The molecule has 0 saturated heterocycles. The minimum absolute atomic E-state index is 0.444. The van der Waals surface area contributed by atoms with E-state index in [1.165, 1.54) is 0 Å². The highest BCUT2D eigenvalue weighted by Gasteiger charge is 2.09. The third-order valence-electron chi connectivity index (χ3n) is 0.356. The molecule has 0 amide bonds. The van der Waals surface area contributed by atoms with Crippen LogP contribution in [0.25, 0.3) is 0 Å². The number of hydrogen-bond donors (Lipinski definition) is 1. The number of rotatable bonds is 3. The summed E-state index contributed by atoms with van der Waals surface area (Å²) in [6.07, 6.45) is 0.444. The maximum absolute atomic E-state index is 9.69. The molecule has 0 aliphatic carbocycles.